The van der Waals surface area contributed by atoms with E-state index in [0.717, 1.165) is 12.8 Å². The third-order valence-corrected chi connectivity index (χ3v) is 5.65. The Labute approximate surface area is 119 Å². The maximum absolute atomic E-state index is 12.4. The van der Waals surface area contributed by atoms with E-state index >= 15 is 0 Å². The van der Waals surface area contributed by atoms with Gasteiger partial charge in [0.05, 0.1) is 11.0 Å². The highest BCUT2D eigenvalue weighted by Crippen LogP contribution is 2.33. The van der Waals surface area contributed by atoms with Crippen molar-refractivity contribution in [1.29, 1.82) is 0 Å². The molecule has 1 aromatic carbocycles. The fourth-order valence-corrected chi connectivity index (χ4v) is 3.68. The Morgan fingerprint density at radius 1 is 1.47 bits per heavy atom. The van der Waals surface area contributed by atoms with Gasteiger partial charge in [-0.25, -0.2) is 8.42 Å². The number of sulfonamides is 1. The van der Waals surface area contributed by atoms with Crippen LogP contribution < -0.4 is 0 Å². The first-order valence-electron chi connectivity index (χ1n) is 6.23. The summed E-state index contributed by atoms with van der Waals surface area (Å²) in [7, 11) is -2.12. The summed E-state index contributed by atoms with van der Waals surface area (Å²) >= 11 is 5.86. The van der Waals surface area contributed by atoms with Crippen LogP contribution in [0.1, 0.15) is 18.4 Å². The number of aliphatic hydroxyl groups is 1. The number of hydrogen-bond acceptors (Lipinski definition) is 3. The summed E-state index contributed by atoms with van der Waals surface area (Å²) in [5, 5.41) is 10.3. The van der Waals surface area contributed by atoms with Crippen molar-refractivity contribution in [3.8, 4) is 0 Å². The molecule has 19 heavy (non-hydrogen) atoms. The lowest BCUT2D eigenvalue weighted by Crippen LogP contribution is -2.35. The molecule has 4 nitrogen and oxygen atoms in total. The van der Waals surface area contributed by atoms with Crippen LogP contribution in [-0.4, -0.2) is 37.5 Å². The van der Waals surface area contributed by atoms with Crippen molar-refractivity contribution in [2.45, 2.75) is 30.8 Å². The van der Waals surface area contributed by atoms with Gasteiger partial charge in [0, 0.05) is 18.6 Å². The minimum absolute atomic E-state index is 0.124. The highest BCUT2D eigenvalue weighted by Gasteiger charge is 2.33. The van der Waals surface area contributed by atoms with Crippen LogP contribution in [0.2, 0.25) is 5.02 Å². The van der Waals surface area contributed by atoms with Gasteiger partial charge >= 0.3 is 0 Å². The molecule has 1 N–H and O–H groups in total. The molecule has 0 bridgehead atoms. The van der Waals surface area contributed by atoms with Crippen LogP contribution in [0.3, 0.4) is 0 Å². The van der Waals surface area contributed by atoms with Gasteiger partial charge in [-0.15, -0.1) is 0 Å². The SMILES string of the molecule is Cc1ccc(Cl)cc1S(=O)(=O)N(C)CC(O)C1CC1. The Hall–Kier alpha value is -0.620. The van der Waals surface area contributed by atoms with Crippen molar-refractivity contribution in [1.82, 2.24) is 4.31 Å². The molecule has 1 unspecified atom stereocenters. The first-order valence-corrected chi connectivity index (χ1v) is 8.04. The Balaban J connectivity index is 2.22. The largest absolute Gasteiger partial charge is 0.391 e. The van der Waals surface area contributed by atoms with E-state index in [9.17, 15) is 13.5 Å². The second-order valence-corrected chi connectivity index (χ2v) is 7.55. The van der Waals surface area contributed by atoms with Crippen molar-refractivity contribution in [2.75, 3.05) is 13.6 Å². The van der Waals surface area contributed by atoms with E-state index in [4.69, 9.17) is 11.6 Å². The van der Waals surface area contributed by atoms with Crippen molar-refractivity contribution >= 4 is 21.6 Å². The van der Waals surface area contributed by atoms with Gasteiger partial charge in [-0.1, -0.05) is 17.7 Å². The number of aryl methyl sites for hydroxylation is 1. The van der Waals surface area contributed by atoms with Gasteiger partial charge in [0.15, 0.2) is 0 Å². The normalized spacial score (nSPS) is 17.7. The van der Waals surface area contributed by atoms with E-state index in [1.165, 1.54) is 17.4 Å². The lowest BCUT2D eigenvalue weighted by atomic mass is 10.2. The summed E-state index contributed by atoms with van der Waals surface area (Å²) in [5.41, 5.74) is 0.650. The number of likely N-dealkylation sites (N-methyl/N-ethyl adjacent to an activating group) is 1. The summed E-state index contributed by atoms with van der Waals surface area (Å²) in [6.45, 7) is 1.85. The quantitative estimate of drug-likeness (QED) is 0.905. The molecule has 1 aliphatic carbocycles. The second kappa shape index (κ2) is 5.40. The number of aliphatic hydroxyl groups excluding tert-OH is 1. The molecule has 0 saturated heterocycles. The molecule has 106 valence electrons. The fraction of sp³-hybridized carbons (Fsp3) is 0.538. The number of nitrogens with zero attached hydrogens (tertiary/aromatic N) is 1. The Morgan fingerprint density at radius 2 is 2.11 bits per heavy atom. The molecule has 0 amide bonds. The lowest BCUT2D eigenvalue weighted by Gasteiger charge is -2.21. The first kappa shape index (κ1) is 14.8. The fourth-order valence-electron chi connectivity index (χ4n) is 2.01. The molecule has 0 radical (unpaired) electrons. The zero-order valence-corrected chi connectivity index (χ0v) is 12.6. The van der Waals surface area contributed by atoms with Crippen LogP contribution in [0, 0.1) is 12.8 Å². The summed E-state index contributed by atoms with van der Waals surface area (Å²) in [6.07, 6.45) is 1.37. The van der Waals surface area contributed by atoms with Crippen molar-refractivity contribution in [3.05, 3.63) is 28.8 Å². The molecule has 1 aromatic rings. The Kier molecular flexibility index (Phi) is 4.20. The molecule has 6 heteroatoms. The van der Waals surface area contributed by atoms with Crippen LogP contribution in [0.15, 0.2) is 23.1 Å². The van der Waals surface area contributed by atoms with Crippen LogP contribution in [0.4, 0.5) is 0 Å². The van der Waals surface area contributed by atoms with Gasteiger partial charge in [-0.05, 0) is 43.4 Å². The third kappa shape index (κ3) is 3.28. The molecule has 0 spiro atoms. The van der Waals surface area contributed by atoms with Crippen molar-refractivity contribution in [3.63, 3.8) is 0 Å². The molecule has 0 aromatic heterocycles. The summed E-state index contributed by atoms with van der Waals surface area (Å²) in [5.74, 6) is 0.248. The van der Waals surface area contributed by atoms with Gasteiger partial charge in [0.2, 0.25) is 10.0 Å². The molecule has 2 rings (SSSR count). The third-order valence-electron chi connectivity index (χ3n) is 3.45. The van der Waals surface area contributed by atoms with Crippen molar-refractivity contribution < 1.29 is 13.5 Å². The first-order chi connectivity index (χ1) is 8.82. The standard InChI is InChI=1S/C13H18ClNO3S/c1-9-3-6-11(14)7-13(9)19(17,18)15(2)8-12(16)10-4-5-10/h3,6-7,10,12,16H,4-5,8H2,1-2H3. The van der Waals surface area contributed by atoms with E-state index in [-0.39, 0.29) is 17.4 Å². The molecule has 1 atom stereocenters. The summed E-state index contributed by atoms with van der Waals surface area (Å²) in [4.78, 5) is 0.200. The number of halogens is 1. The average molecular weight is 304 g/mol. The maximum atomic E-state index is 12.4. The molecule has 1 fully saturated rings. The molecule has 1 aliphatic rings. The minimum atomic E-state index is -3.60. The van der Waals surface area contributed by atoms with Crippen LogP contribution in [-0.2, 0) is 10.0 Å². The Morgan fingerprint density at radius 3 is 2.68 bits per heavy atom. The highest BCUT2D eigenvalue weighted by molar-refractivity contribution is 7.89. The zero-order valence-electron chi connectivity index (χ0n) is 11.0. The number of hydrogen-bond donors (Lipinski definition) is 1. The molecular weight excluding hydrogens is 286 g/mol. The number of benzene rings is 1. The maximum Gasteiger partial charge on any atom is 0.243 e. The van der Waals surface area contributed by atoms with Gasteiger partial charge in [-0.3, -0.25) is 0 Å². The van der Waals surface area contributed by atoms with E-state index in [0.29, 0.717) is 10.6 Å². The average Bonchev–Trinajstić information content (AvgIpc) is 3.15. The Bertz CT molecular complexity index is 569. The van der Waals surface area contributed by atoms with Gasteiger partial charge < -0.3 is 5.11 Å². The van der Waals surface area contributed by atoms with Gasteiger partial charge in [0.1, 0.15) is 0 Å². The van der Waals surface area contributed by atoms with E-state index < -0.39 is 16.1 Å². The second-order valence-electron chi connectivity index (χ2n) is 5.10. The van der Waals surface area contributed by atoms with E-state index in [1.807, 2.05) is 0 Å². The number of rotatable bonds is 5. The van der Waals surface area contributed by atoms with Crippen molar-refractivity contribution in [2.24, 2.45) is 5.92 Å². The summed E-state index contributed by atoms with van der Waals surface area (Å²) in [6, 6.07) is 4.79. The summed E-state index contributed by atoms with van der Waals surface area (Å²) < 4.78 is 26.1. The zero-order chi connectivity index (χ0) is 14.2. The van der Waals surface area contributed by atoms with Crippen LogP contribution in [0.25, 0.3) is 0 Å². The lowest BCUT2D eigenvalue weighted by molar-refractivity contribution is 0.131. The van der Waals surface area contributed by atoms with Crippen LogP contribution >= 0.6 is 11.6 Å². The van der Waals surface area contributed by atoms with Crippen LogP contribution in [0.5, 0.6) is 0 Å². The molecule has 1 saturated carbocycles. The molecule has 0 heterocycles. The van der Waals surface area contributed by atoms with E-state index in [2.05, 4.69) is 0 Å². The highest BCUT2D eigenvalue weighted by atomic mass is 35.5. The smallest absolute Gasteiger partial charge is 0.243 e. The molecule has 0 aliphatic heterocycles. The predicted octanol–water partition coefficient (Wildman–Crippen LogP) is 2.04. The predicted molar refractivity (Wildman–Crippen MR) is 74.7 cm³/mol. The topological polar surface area (TPSA) is 57.6 Å². The molecular formula is C13H18ClNO3S. The monoisotopic (exact) mass is 303 g/mol. The van der Waals surface area contributed by atoms with Gasteiger partial charge in [-0.2, -0.15) is 4.31 Å². The minimum Gasteiger partial charge on any atom is -0.391 e. The van der Waals surface area contributed by atoms with Gasteiger partial charge in [0.25, 0.3) is 0 Å². The van der Waals surface area contributed by atoms with E-state index in [1.54, 1.807) is 19.1 Å².